The second kappa shape index (κ2) is 8.49. The predicted octanol–water partition coefficient (Wildman–Crippen LogP) is 3.71. The summed E-state index contributed by atoms with van der Waals surface area (Å²) in [6.07, 6.45) is -0.799. The lowest BCUT2D eigenvalue weighted by Gasteiger charge is -2.14. The number of amides is 1. The van der Waals surface area contributed by atoms with Crippen LogP contribution in [0.4, 0.5) is 5.69 Å². The van der Waals surface area contributed by atoms with E-state index in [9.17, 15) is 9.59 Å². The monoisotopic (exact) mass is 391 g/mol. The van der Waals surface area contributed by atoms with E-state index in [1.54, 1.807) is 37.3 Å². The van der Waals surface area contributed by atoms with Crippen molar-refractivity contribution in [3.8, 4) is 5.75 Å². The van der Waals surface area contributed by atoms with E-state index in [1.165, 1.54) is 0 Å². The fraction of sp³-hybridized carbons (Fsp3) is 0.222. The quantitative estimate of drug-likeness (QED) is 0.762. The SMILES string of the molecule is Cc1cccc(O[C@H](C)C(=O)OCC(=O)Nc2ccc(Br)cc2)c1. The van der Waals surface area contributed by atoms with Crippen LogP contribution in [0.5, 0.6) is 5.75 Å². The van der Waals surface area contributed by atoms with Gasteiger partial charge in [0.15, 0.2) is 12.7 Å². The first kappa shape index (κ1) is 18.0. The molecule has 1 amide bonds. The van der Waals surface area contributed by atoms with Gasteiger partial charge in [-0.05, 0) is 55.8 Å². The van der Waals surface area contributed by atoms with Crippen LogP contribution in [-0.4, -0.2) is 24.6 Å². The summed E-state index contributed by atoms with van der Waals surface area (Å²) in [5.41, 5.74) is 1.66. The molecule has 1 N–H and O–H groups in total. The number of aryl methyl sites for hydroxylation is 1. The van der Waals surface area contributed by atoms with Gasteiger partial charge in [-0.15, -0.1) is 0 Å². The molecule has 5 nitrogen and oxygen atoms in total. The zero-order valence-electron chi connectivity index (χ0n) is 13.4. The number of ether oxygens (including phenoxy) is 2. The van der Waals surface area contributed by atoms with Crippen molar-refractivity contribution in [2.24, 2.45) is 0 Å². The summed E-state index contributed by atoms with van der Waals surface area (Å²) >= 11 is 3.31. The molecule has 126 valence electrons. The maximum atomic E-state index is 11.9. The van der Waals surface area contributed by atoms with Crippen LogP contribution >= 0.6 is 15.9 Å². The van der Waals surface area contributed by atoms with Gasteiger partial charge in [0.25, 0.3) is 5.91 Å². The molecule has 6 heteroatoms. The Labute approximate surface area is 149 Å². The van der Waals surface area contributed by atoms with Crippen molar-refractivity contribution in [1.82, 2.24) is 0 Å². The van der Waals surface area contributed by atoms with Crippen LogP contribution in [0, 0.1) is 6.92 Å². The van der Waals surface area contributed by atoms with Crippen LogP contribution in [0.3, 0.4) is 0 Å². The van der Waals surface area contributed by atoms with Gasteiger partial charge in [-0.2, -0.15) is 0 Å². The van der Waals surface area contributed by atoms with E-state index < -0.39 is 18.0 Å². The third kappa shape index (κ3) is 5.70. The van der Waals surface area contributed by atoms with Crippen LogP contribution in [0.15, 0.2) is 53.0 Å². The number of hydrogen-bond donors (Lipinski definition) is 1. The molecule has 0 aliphatic heterocycles. The third-order valence-electron chi connectivity index (χ3n) is 3.11. The summed E-state index contributed by atoms with van der Waals surface area (Å²) in [7, 11) is 0. The number of carbonyl (C=O) groups is 2. The number of hydrogen-bond acceptors (Lipinski definition) is 4. The molecule has 0 heterocycles. The normalized spacial score (nSPS) is 11.5. The minimum atomic E-state index is -0.799. The highest BCUT2D eigenvalue weighted by atomic mass is 79.9. The molecule has 1 atom stereocenters. The topological polar surface area (TPSA) is 64.6 Å². The van der Waals surface area contributed by atoms with Gasteiger partial charge >= 0.3 is 5.97 Å². The van der Waals surface area contributed by atoms with Crippen molar-refractivity contribution >= 4 is 33.5 Å². The standard InChI is InChI=1S/C18H18BrNO4/c1-12-4-3-5-16(10-12)24-13(2)18(22)23-11-17(21)20-15-8-6-14(19)7-9-15/h3-10,13H,11H2,1-2H3,(H,20,21)/t13-/m1/s1. The second-order valence-electron chi connectivity index (χ2n) is 5.24. The highest BCUT2D eigenvalue weighted by molar-refractivity contribution is 9.10. The number of benzene rings is 2. The first-order valence-electron chi connectivity index (χ1n) is 7.39. The molecule has 0 aliphatic rings. The number of anilines is 1. The van der Waals surface area contributed by atoms with Gasteiger partial charge in [-0.3, -0.25) is 4.79 Å². The van der Waals surface area contributed by atoms with Gasteiger partial charge in [-0.25, -0.2) is 4.79 Å². The van der Waals surface area contributed by atoms with E-state index in [0.717, 1.165) is 10.0 Å². The molecule has 0 aromatic heterocycles. The van der Waals surface area contributed by atoms with Crippen molar-refractivity contribution < 1.29 is 19.1 Å². The molecule has 2 aromatic carbocycles. The summed E-state index contributed by atoms with van der Waals surface area (Å²) in [5.74, 6) is -0.422. The lowest BCUT2D eigenvalue weighted by atomic mass is 10.2. The molecule has 0 spiro atoms. The number of rotatable bonds is 6. The lowest BCUT2D eigenvalue weighted by Crippen LogP contribution is -2.29. The zero-order chi connectivity index (χ0) is 17.5. The van der Waals surface area contributed by atoms with Gasteiger partial charge in [0.05, 0.1) is 0 Å². The largest absolute Gasteiger partial charge is 0.479 e. The van der Waals surface area contributed by atoms with E-state index in [2.05, 4.69) is 21.2 Å². The third-order valence-corrected chi connectivity index (χ3v) is 3.64. The molecule has 0 radical (unpaired) electrons. The first-order valence-corrected chi connectivity index (χ1v) is 8.19. The molecule has 24 heavy (non-hydrogen) atoms. The van der Waals surface area contributed by atoms with Crippen LogP contribution < -0.4 is 10.1 Å². The molecule has 0 bridgehead atoms. The highest BCUT2D eigenvalue weighted by Gasteiger charge is 2.18. The van der Waals surface area contributed by atoms with Gasteiger partial charge in [0, 0.05) is 10.2 Å². The molecule has 0 fully saturated rings. The van der Waals surface area contributed by atoms with Gasteiger partial charge < -0.3 is 14.8 Å². The average molecular weight is 392 g/mol. The molecule has 0 saturated heterocycles. The summed E-state index contributed by atoms with van der Waals surface area (Å²) < 4.78 is 11.4. The first-order chi connectivity index (χ1) is 11.4. The fourth-order valence-corrected chi connectivity index (χ4v) is 2.19. The second-order valence-corrected chi connectivity index (χ2v) is 6.16. The van der Waals surface area contributed by atoms with E-state index in [0.29, 0.717) is 11.4 Å². The molecule has 0 saturated carbocycles. The molecule has 0 unspecified atom stereocenters. The van der Waals surface area contributed by atoms with Crippen molar-refractivity contribution in [2.45, 2.75) is 20.0 Å². The smallest absolute Gasteiger partial charge is 0.347 e. The van der Waals surface area contributed by atoms with Gasteiger partial charge in [0.2, 0.25) is 0 Å². The molecule has 2 rings (SSSR count). The van der Waals surface area contributed by atoms with E-state index in [4.69, 9.17) is 9.47 Å². The van der Waals surface area contributed by atoms with Crippen LogP contribution in [0.25, 0.3) is 0 Å². The Hall–Kier alpha value is -2.34. The number of nitrogens with one attached hydrogen (secondary N) is 1. The van der Waals surface area contributed by atoms with Crippen molar-refractivity contribution in [2.75, 3.05) is 11.9 Å². The van der Waals surface area contributed by atoms with Gasteiger partial charge in [0.1, 0.15) is 5.75 Å². The van der Waals surface area contributed by atoms with Crippen LogP contribution in [0.2, 0.25) is 0 Å². The van der Waals surface area contributed by atoms with Crippen molar-refractivity contribution in [1.29, 1.82) is 0 Å². The van der Waals surface area contributed by atoms with Crippen LogP contribution in [0.1, 0.15) is 12.5 Å². The highest BCUT2D eigenvalue weighted by Crippen LogP contribution is 2.15. The Balaban J connectivity index is 1.79. The minimum Gasteiger partial charge on any atom is -0.479 e. The fourth-order valence-electron chi connectivity index (χ4n) is 1.93. The predicted molar refractivity (Wildman–Crippen MR) is 95.0 cm³/mol. The summed E-state index contributed by atoms with van der Waals surface area (Å²) in [6.45, 7) is 3.15. The molecule has 0 aliphatic carbocycles. The lowest BCUT2D eigenvalue weighted by molar-refractivity contribution is -0.153. The Morgan fingerprint density at radius 2 is 1.88 bits per heavy atom. The minimum absolute atomic E-state index is 0.365. The zero-order valence-corrected chi connectivity index (χ0v) is 15.0. The molecular weight excluding hydrogens is 374 g/mol. The van der Waals surface area contributed by atoms with Crippen molar-refractivity contribution in [3.63, 3.8) is 0 Å². The van der Waals surface area contributed by atoms with Crippen molar-refractivity contribution in [3.05, 3.63) is 58.6 Å². The Bertz CT molecular complexity index is 715. The van der Waals surface area contributed by atoms with E-state index in [-0.39, 0.29) is 6.61 Å². The Morgan fingerprint density at radius 3 is 2.54 bits per heavy atom. The number of carbonyl (C=O) groups excluding carboxylic acids is 2. The average Bonchev–Trinajstić information content (AvgIpc) is 2.54. The Morgan fingerprint density at radius 1 is 1.17 bits per heavy atom. The summed E-state index contributed by atoms with van der Waals surface area (Å²) in [5, 5.41) is 2.64. The maximum absolute atomic E-state index is 11.9. The molecule has 2 aromatic rings. The summed E-state index contributed by atoms with van der Waals surface area (Å²) in [4.78, 5) is 23.7. The van der Waals surface area contributed by atoms with E-state index >= 15 is 0 Å². The molecular formula is C18H18BrNO4. The van der Waals surface area contributed by atoms with Crippen LogP contribution in [-0.2, 0) is 14.3 Å². The Kier molecular flexibility index (Phi) is 6.37. The number of halogens is 1. The maximum Gasteiger partial charge on any atom is 0.347 e. The van der Waals surface area contributed by atoms with E-state index in [1.807, 2.05) is 25.1 Å². The number of esters is 1. The summed E-state index contributed by atoms with van der Waals surface area (Å²) in [6, 6.07) is 14.5. The van der Waals surface area contributed by atoms with Gasteiger partial charge in [-0.1, -0.05) is 28.1 Å².